The van der Waals surface area contributed by atoms with Crippen LogP contribution in [0.3, 0.4) is 0 Å². The summed E-state index contributed by atoms with van der Waals surface area (Å²) in [6.45, 7) is 4.52. The third-order valence-corrected chi connectivity index (χ3v) is 4.65. The number of rotatable bonds is 4. The van der Waals surface area contributed by atoms with Crippen molar-refractivity contribution < 1.29 is 4.74 Å². The zero-order valence-electron chi connectivity index (χ0n) is 10.8. The van der Waals surface area contributed by atoms with Crippen LogP contribution < -0.4 is 10.1 Å². The molecule has 1 aromatic rings. The van der Waals surface area contributed by atoms with Gasteiger partial charge in [0.1, 0.15) is 5.75 Å². The Morgan fingerprint density at radius 1 is 1.41 bits per heavy atom. The van der Waals surface area contributed by atoms with E-state index in [1.54, 1.807) is 7.11 Å². The Bertz CT molecular complexity index is 369. The molecule has 0 aliphatic carbocycles. The molecule has 0 spiro atoms. The molecular formula is C14H21NOS. The maximum absolute atomic E-state index is 5.41. The van der Waals surface area contributed by atoms with Crippen molar-refractivity contribution in [1.29, 1.82) is 0 Å². The Morgan fingerprint density at radius 3 is 2.82 bits per heavy atom. The van der Waals surface area contributed by atoms with Crippen molar-refractivity contribution in [2.24, 2.45) is 0 Å². The molecule has 1 heterocycles. The molecule has 0 bridgehead atoms. The fourth-order valence-electron chi connectivity index (χ4n) is 2.40. The topological polar surface area (TPSA) is 21.3 Å². The molecule has 17 heavy (non-hydrogen) atoms. The van der Waals surface area contributed by atoms with Crippen molar-refractivity contribution in [3.8, 4) is 5.75 Å². The molecule has 1 aliphatic heterocycles. The SMILES string of the molecule is COc1ccccc1[C@@H](C)NC1CSC(C)C1. The lowest BCUT2D eigenvalue weighted by atomic mass is 10.1. The van der Waals surface area contributed by atoms with Crippen molar-refractivity contribution in [1.82, 2.24) is 5.32 Å². The van der Waals surface area contributed by atoms with Gasteiger partial charge in [-0.05, 0) is 19.4 Å². The first-order valence-electron chi connectivity index (χ1n) is 6.21. The van der Waals surface area contributed by atoms with Gasteiger partial charge in [0, 0.05) is 28.6 Å². The third kappa shape index (κ3) is 3.17. The number of ether oxygens (including phenoxy) is 1. The van der Waals surface area contributed by atoms with Crippen molar-refractivity contribution in [2.75, 3.05) is 12.9 Å². The summed E-state index contributed by atoms with van der Waals surface area (Å²) >= 11 is 2.06. The van der Waals surface area contributed by atoms with Gasteiger partial charge in [-0.25, -0.2) is 0 Å². The number of hydrogen-bond donors (Lipinski definition) is 1. The van der Waals surface area contributed by atoms with Gasteiger partial charge in [-0.1, -0.05) is 25.1 Å². The summed E-state index contributed by atoms with van der Waals surface area (Å²) in [5.74, 6) is 2.20. The van der Waals surface area contributed by atoms with E-state index in [2.05, 4.69) is 43.1 Å². The van der Waals surface area contributed by atoms with Crippen LogP contribution in [-0.4, -0.2) is 24.2 Å². The second-order valence-electron chi connectivity index (χ2n) is 4.71. The number of benzene rings is 1. The van der Waals surface area contributed by atoms with E-state index in [0.717, 1.165) is 11.0 Å². The minimum absolute atomic E-state index is 0.349. The summed E-state index contributed by atoms with van der Waals surface area (Å²) in [5, 5.41) is 4.49. The quantitative estimate of drug-likeness (QED) is 0.887. The van der Waals surface area contributed by atoms with Crippen molar-refractivity contribution in [3.05, 3.63) is 29.8 Å². The van der Waals surface area contributed by atoms with Gasteiger partial charge in [0.05, 0.1) is 7.11 Å². The summed E-state index contributed by atoms with van der Waals surface area (Å²) in [6, 6.07) is 9.24. The predicted molar refractivity (Wildman–Crippen MR) is 74.9 cm³/mol. The molecule has 0 amide bonds. The number of hydrogen-bond acceptors (Lipinski definition) is 3. The zero-order valence-corrected chi connectivity index (χ0v) is 11.6. The van der Waals surface area contributed by atoms with Gasteiger partial charge in [-0.15, -0.1) is 0 Å². The zero-order chi connectivity index (χ0) is 12.3. The number of methoxy groups -OCH3 is 1. The van der Waals surface area contributed by atoms with Crippen LogP contribution in [0.1, 0.15) is 31.9 Å². The molecule has 2 rings (SSSR count). The van der Waals surface area contributed by atoms with E-state index in [9.17, 15) is 0 Å². The van der Waals surface area contributed by atoms with Gasteiger partial charge < -0.3 is 10.1 Å². The predicted octanol–water partition coefficient (Wildman–Crippen LogP) is 3.24. The van der Waals surface area contributed by atoms with Gasteiger partial charge in [-0.2, -0.15) is 11.8 Å². The first-order valence-corrected chi connectivity index (χ1v) is 7.26. The van der Waals surface area contributed by atoms with Crippen LogP contribution in [0.4, 0.5) is 0 Å². The molecule has 3 atom stereocenters. The molecule has 1 aliphatic rings. The molecule has 0 aromatic heterocycles. The highest BCUT2D eigenvalue weighted by Crippen LogP contribution is 2.30. The highest BCUT2D eigenvalue weighted by molar-refractivity contribution is 8.00. The van der Waals surface area contributed by atoms with E-state index in [1.807, 2.05) is 12.1 Å². The van der Waals surface area contributed by atoms with E-state index in [-0.39, 0.29) is 0 Å². The normalized spacial score (nSPS) is 25.8. The van der Waals surface area contributed by atoms with Gasteiger partial charge >= 0.3 is 0 Å². The second kappa shape index (κ2) is 5.78. The minimum atomic E-state index is 0.349. The van der Waals surface area contributed by atoms with Gasteiger partial charge in [0.15, 0.2) is 0 Å². The maximum Gasteiger partial charge on any atom is 0.123 e. The molecule has 0 saturated carbocycles. The lowest BCUT2D eigenvalue weighted by Gasteiger charge is -2.21. The van der Waals surface area contributed by atoms with Crippen LogP contribution in [0, 0.1) is 0 Å². The summed E-state index contributed by atoms with van der Waals surface area (Å²) in [6.07, 6.45) is 1.27. The fourth-order valence-corrected chi connectivity index (χ4v) is 3.56. The van der Waals surface area contributed by atoms with E-state index >= 15 is 0 Å². The molecule has 1 N–H and O–H groups in total. The highest BCUT2D eigenvalue weighted by atomic mass is 32.2. The Morgan fingerprint density at radius 2 is 2.18 bits per heavy atom. The smallest absolute Gasteiger partial charge is 0.123 e. The van der Waals surface area contributed by atoms with E-state index in [1.165, 1.54) is 17.7 Å². The van der Waals surface area contributed by atoms with E-state index < -0.39 is 0 Å². The largest absolute Gasteiger partial charge is 0.496 e. The molecular weight excluding hydrogens is 230 g/mol. The molecule has 94 valence electrons. The van der Waals surface area contributed by atoms with Crippen molar-refractivity contribution in [3.63, 3.8) is 0 Å². The minimum Gasteiger partial charge on any atom is -0.496 e. The fraction of sp³-hybridized carbons (Fsp3) is 0.571. The Labute approximate surface area is 108 Å². The van der Waals surface area contributed by atoms with Crippen LogP contribution in [-0.2, 0) is 0 Å². The van der Waals surface area contributed by atoms with Crippen LogP contribution in [0.15, 0.2) is 24.3 Å². The number of para-hydroxylation sites is 1. The average Bonchev–Trinajstić information content (AvgIpc) is 2.74. The Balaban J connectivity index is 2.01. The van der Waals surface area contributed by atoms with Crippen LogP contribution in [0.5, 0.6) is 5.75 Å². The molecule has 3 heteroatoms. The molecule has 2 nitrogen and oxygen atoms in total. The van der Waals surface area contributed by atoms with Gasteiger partial charge in [0.25, 0.3) is 0 Å². The van der Waals surface area contributed by atoms with Crippen LogP contribution in [0.25, 0.3) is 0 Å². The summed E-state index contributed by atoms with van der Waals surface area (Å²) in [4.78, 5) is 0. The van der Waals surface area contributed by atoms with Crippen LogP contribution in [0.2, 0.25) is 0 Å². The molecule has 2 unspecified atom stereocenters. The Kier molecular flexibility index (Phi) is 4.35. The molecule has 1 saturated heterocycles. The standard InChI is InChI=1S/C14H21NOS/c1-10-8-12(9-17-10)15-11(2)13-6-4-5-7-14(13)16-3/h4-7,10-12,15H,8-9H2,1-3H3/t10?,11-,12?/m1/s1. The van der Waals surface area contributed by atoms with Gasteiger partial charge in [-0.3, -0.25) is 0 Å². The van der Waals surface area contributed by atoms with Gasteiger partial charge in [0.2, 0.25) is 0 Å². The average molecular weight is 251 g/mol. The van der Waals surface area contributed by atoms with E-state index in [4.69, 9.17) is 4.74 Å². The first-order chi connectivity index (χ1) is 8.20. The number of thioether (sulfide) groups is 1. The maximum atomic E-state index is 5.41. The number of nitrogens with one attached hydrogen (secondary N) is 1. The monoisotopic (exact) mass is 251 g/mol. The highest BCUT2D eigenvalue weighted by Gasteiger charge is 2.23. The Hall–Kier alpha value is -0.670. The first kappa shape index (κ1) is 12.8. The third-order valence-electron chi connectivity index (χ3n) is 3.29. The molecule has 1 aromatic carbocycles. The lowest BCUT2D eigenvalue weighted by molar-refractivity contribution is 0.395. The molecule has 0 radical (unpaired) electrons. The summed E-state index contributed by atoms with van der Waals surface area (Å²) in [5.41, 5.74) is 1.25. The lowest BCUT2D eigenvalue weighted by Crippen LogP contribution is -2.31. The summed E-state index contributed by atoms with van der Waals surface area (Å²) < 4.78 is 5.41. The van der Waals surface area contributed by atoms with Crippen molar-refractivity contribution >= 4 is 11.8 Å². The van der Waals surface area contributed by atoms with E-state index in [0.29, 0.717) is 12.1 Å². The molecule has 1 fully saturated rings. The van der Waals surface area contributed by atoms with Crippen LogP contribution >= 0.6 is 11.8 Å². The van der Waals surface area contributed by atoms with Crippen molar-refractivity contribution in [2.45, 2.75) is 37.6 Å². The second-order valence-corrected chi connectivity index (χ2v) is 6.18. The summed E-state index contributed by atoms with van der Waals surface area (Å²) in [7, 11) is 1.74.